The van der Waals surface area contributed by atoms with Crippen LogP contribution in [0, 0.1) is 5.41 Å². The summed E-state index contributed by atoms with van der Waals surface area (Å²) in [6.07, 6.45) is 0.794. The molecule has 0 heterocycles. The topological polar surface area (TPSA) is 37.3 Å². The molecule has 0 fully saturated rings. The van der Waals surface area contributed by atoms with E-state index >= 15 is 0 Å². The first-order chi connectivity index (χ1) is 9.61. The van der Waals surface area contributed by atoms with E-state index in [1.165, 1.54) is 6.07 Å². The number of hydrogen-bond donors (Lipinski definition) is 1. The Balaban J connectivity index is 3.04. The van der Waals surface area contributed by atoms with Gasteiger partial charge in [-0.15, -0.1) is 0 Å². The quantitative estimate of drug-likeness (QED) is 0.785. The molecule has 21 heavy (non-hydrogen) atoms. The standard InChI is InChI=1S/C17H24F2O2/c1-5-12-7-8-14(9-13(12)6-2)17(18,19)11-16(3,4)10-15(20)21/h7-9H,5-6,10-11H2,1-4H3,(H,20,21). The maximum Gasteiger partial charge on any atom is 0.303 e. The lowest BCUT2D eigenvalue weighted by Gasteiger charge is -2.29. The molecule has 0 aliphatic heterocycles. The number of aryl methyl sites for hydroxylation is 2. The van der Waals surface area contributed by atoms with E-state index in [1.54, 1.807) is 26.0 Å². The van der Waals surface area contributed by atoms with Gasteiger partial charge in [0.2, 0.25) is 0 Å². The van der Waals surface area contributed by atoms with E-state index in [-0.39, 0.29) is 12.0 Å². The molecule has 0 bridgehead atoms. The number of carboxylic acids is 1. The van der Waals surface area contributed by atoms with Gasteiger partial charge in [-0.3, -0.25) is 4.79 Å². The highest BCUT2D eigenvalue weighted by Crippen LogP contribution is 2.41. The first-order valence-electron chi connectivity index (χ1n) is 7.33. The largest absolute Gasteiger partial charge is 0.481 e. The second-order valence-electron chi connectivity index (χ2n) is 6.31. The molecule has 1 aromatic carbocycles. The minimum atomic E-state index is -3.02. The fourth-order valence-corrected chi connectivity index (χ4v) is 2.70. The smallest absolute Gasteiger partial charge is 0.303 e. The fourth-order valence-electron chi connectivity index (χ4n) is 2.70. The Morgan fingerprint density at radius 1 is 1.14 bits per heavy atom. The lowest BCUT2D eigenvalue weighted by atomic mass is 9.81. The Labute approximate surface area is 125 Å². The maximum atomic E-state index is 14.5. The fraction of sp³-hybridized carbons (Fsp3) is 0.588. The molecular weight excluding hydrogens is 274 g/mol. The molecule has 0 unspecified atom stereocenters. The van der Waals surface area contributed by atoms with Gasteiger partial charge in [0.1, 0.15) is 0 Å². The monoisotopic (exact) mass is 298 g/mol. The highest BCUT2D eigenvalue weighted by Gasteiger charge is 2.39. The highest BCUT2D eigenvalue weighted by molar-refractivity contribution is 5.67. The van der Waals surface area contributed by atoms with Crippen molar-refractivity contribution in [2.45, 2.75) is 59.3 Å². The van der Waals surface area contributed by atoms with Crippen molar-refractivity contribution >= 4 is 5.97 Å². The number of halogens is 2. The number of carbonyl (C=O) groups is 1. The number of benzene rings is 1. The van der Waals surface area contributed by atoms with E-state index in [2.05, 4.69) is 0 Å². The van der Waals surface area contributed by atoms with Crippen molar-refractivity contribution in [2.75, 3.05) is 0 Å². The van der Waals surface area contributed by atoms with Gasteiger partial charge in [-0.05, 0) is 35.4 Å². The molecule has 4 heteroatoms. The van der Waals surface area contributed by atoms with Gasteiger partial charge in [-0.25, -0.2) is 8.78 Å². The SMILES string of the molecule is CCc1ccc(C(F)(F)CC(C)(C)CC(=O)O)cc1CC. The van der Waals surface area contributed by atoms with E-state index < -0.39 is 23.7 Å². The molecule has 0 atom stereocenters. The van der Waals surface area contributed by atoms with Gasteiger partial charge >= 0.3 is 5.97 Å². The van der Waals surface area contributed by atoms with Gasteiger partial charge in [0.05, 0.1) is 6.42 Å². The lowest BCUT2D eigenvalue weighted by molar-refractivity contribution is -0.140. The summed E-state index contributed by atoms with van der Waals surface area (Å²) >= 11 is 0. The van der Waals surface area contributed by atoms with E-state index in [4.69, 9.17) is 5.11 Å². The van der Waals surface area contributed by atoms with Gasteiger partial charge in [0.25, 0.3) is 5.92 Å². The van der Waals surface area contributed by atoms with Gasteiger partial charge in [-0.1, -0.05) is 39.8 Å². The Morgan fingerprint density at radius 3 is 2.19 bits per heavy atom. The van der Waals surface area contributed by atoms with E-state index in [1.807, 2.05) is 13.8 Å². The minimum Gasteiger partial charge on any atom is -0.481 e. The molecule has 2 nitrogen and oxygen atoms in total. The molecule has 1 aromatic rings. The first kappa shape index (κ1) is 17.6. The second kappa shape index (κ2) is 6.54. The van der Waals surface area contributed by atoms with Gasteiger partial charge < -0.3 is 5.11 Å². The summed E-state index contributed by atoms with van der Waals surface area (Å²) in [4.78, 5) is 10.8. The summed E-state index contributed by atoms with van der Waals surface area (Å²) < 4.78 is 28.9. The molecule has 1 rings (SSSR count). The molecular formula is C17H24F2O2. The zero-order valence-electron chi connectivity index (χ0n) is 13.2. The first-order valence-corrected chi connectivity index (χ1v) is 7.33. The molecule has 0 radical (unpaired) electrons. The van der Waals surface area contributed by atoms with Crippen LogP contribution in [0.15, 0.2) is 18.2 Å². The van der Waals surface area contributed by atoms with E-state index in [9.17, 15) is 13.6 Å². The maximum absolute atomic E-state index is 14.5. The summed E-state index contributed by atoms with van der Waals surface area (Å²) in [5, 5.41) is 8.82. The molecule has 0 aliphatic carbocycles. The van der Waals surface area contributed by atoms with Crippen molar-refractivity contribution in [3.63, 3.8) is 0 Å². The van der Waals surface area contributed by atoms with Crippen LogP contribution < -0.4 is 0 Å². The summed E-state index contributed by atoms with van der Waals surface area (Å²) in [7, 11) is 0. The predicted molar refractivity (Wildman–Crippen MR) is 79.7 cm³/mol. The van der Waals surface area contributed by atoms with Crippen LogP contribution in [0.25, 0.3) is 0 Å². The molecule has 0 saturated carbocycles. The number of aliphatic carboxylic acids is 1. The number of alkyl halides is 2. The van der Waals surface area contributed by atoms with Crippen LogP contribution in [0.3, 0.4) is 0 Å². The highest BCUT2D eigenvalue weighted by atomic mass is 19.3. The average molecular weight is 298 g/mol. The Hall–Kier alpha value is -1.45. The van der Waals surface area contributed by atoms with Gasteiger partial charge in [-0.2, -0.15) is 0 Å². The van der Waals surface area contributed by atoms with Crippen LogP contribution in [0.2, 0.25) is 0 Å². The van der Waals surface area contributed by atoms with E-state index in [0.29, 0.717) is 6.42 Å². The van der Waals surface area contributed by atoms with Gasteiger partial charge in [0.15, 0.2) is 0 Å². The van der Waals surface area contributed by atoms with Crippen molar-refractivity contribution in [3.8, 4) is 0 Å². The third-order valence-electron chi connectivity index (χ3n) is 3.72. The number of hydrogen-bond acceptors (Lipinski definition) is 1. The predicted octanol–water partition coefficient (Wildman–Crippen LogP) is 4.79. The molecule has 0 aliphatic rings. The number of rotatable bonds is 7. The third-order valence-corrected chi connectivity index (χ3v) is 3.72. The molecule has 118 valence electrons. The Bertz CT molecular complexity index is 508. The normalized spacial score (nSPS) is 12.5. The van der Waals surface area contributed by atoms with Crippen LogP contribution in [-0.4, -0.2) is 11.1 Å². The number of carboxylic acid groups (broad SMARTS) is 1. The second-order valence-corrected chi connectivity index (χ2v) is 6.31. The van der Waals surface area contributed by atoms with Crippen LogP contribution in [-0.2, 0) is 23.6 Å². The summed E-state index contributed by atoms with van der Waals surface area (Å²) in [5.74, 6) is -4.07. The molecule has 1 N–H and O–H groups in total. The van der Waals surface area contributed by atoms with Crippen LogP contribution in [0.5, 0.6) is 0 Å². The van der Waals surface area contributed by atoms with Crippen LogP contribution in [0.1, 0.15) is 57.2 Å². The lowest BCUT2D eigenvalue weighted by Crippen LogP contribution is -2.27. The van der Waals surface area contributed by atoms with Crippen molar-refractivity contribution in [2.24, 2.45) is 5.41 Å². The molecule has 0 amide bonds. The van der Waals surface area contributed by atoms with Crippen molar-refractivity contribution in [1.29, 1.82) is 0 Å². The average Bonchev–Trinajstić information content (AvgIpc) is 2.34. The van der Waals surface area contributed by atoms with Crippen LogP contribution in [0.4, 0.5) is 8.78 Å². The zero-order valence-corrected chi connectivity index (χ0v) is 13.2. The molecule has 0 aromatic heterocycles. The summed E-state index contributed by atoms with van der Waals surface area (Å²) in [6.45, 7) is 7.08. The Kier molecular flexibility index (Phi) is 5.48. The van der Waals surface area contributed by atoms with Crippen molar-refractivity contribution in [3.05, 3.63) is 34.9 Å². The zero-order chi connectivity index (χ0) is 16.3. The van der Waals surface area contributed by atoms with Crippen LogP contribution >= 0.6 is 0 Å². The molecule has 0 spiro atoms. The van der Waals surface area contributed by atoms with Gasteiger partial charge in [0, 0.05) is 12.0 Å². The summed E-state index contributed by atoms with van der Waals surface area (Å²) in [5.41, 5.74) is 1.05. The summed E-state index contributed by atoms with van der Waals surface area (Å²) in [6, 6.07) is 4.79. The van der Waals surface area contributed by atoms with Crippen molar-refractivity contribution < 1.29 is 18.7 Å². The van der Waals surface area contributed by atoms with E-state index in [0.717, 1.165) is 17.5 Å². The molecule has 0 saturated heterocycles. The minimum absolute atomic E-state index is 0.0185. The third kappa shape index (κ3) is 4.80. The van der Waals surface area contributed by atoms with Crippen molar-refractivity contribution in [1.82, 2.24) is 0 Å². The Morgan fingerprint density at radius 2 is 1.71 bits per heavy atom.